The average Bonchev–Trinajstić information content (AvgIpc) is 3.54. The lowest BCUT2D eigenvalue weighted by atomic mass is 10.2. The van der Waals surface area contributed by atoms with Gasteiger partial charge in [-0.1, -0.05) is 32.0 Å². The number of hydrazine groups is 1. The number of aromatic nitrogens is 4. The number of aryl methyl sites for hydroxylation is 4. The average molecular weight is 542 g/mol. The smallest absolute Gasteiger partial charge is 0.333 e. The first-order valence-corrected chi connectivity index (χ1v) is 13.2. The highest BCUT2D eigenvalue weighted by molar-refractivity contribution is 7.16. The summed E-state index contributed by atoms with van der Waals surface area (Å²) in [6, 6.07) is 5.82. The number of urea groups is 1. The van der Waals surface area contributed by atoms with Crippen LogP contribution in [0.2, 0.25) is 0 Å². The minimum absolute atomic E-state index is 0.233. The van der Waals surface area contributed by atoms with Crippen molar-refractivity contribution < 1.29 is 4.79 Å². The lowest BCUT2D eigenvalue weighted by molar-refractivity contribution is 0.241. The molecule has 188 valence electrons. The number of hydrogen-bond acceptors (Lipinski definition) is 9. The van der Waals surface area contributed by atoms with Crippen molar-refractivity contribution in [3.05, 3.63) is 61.6 Å². The fourth-order valence-corrected chi connectivity index (χ4v) is 4.48. The van der Waals surface area contributed by atoms with E-state index in [4.69, 9.17) is 13.1 Å². The van der Waals surface area contributed by atoms with E-state index >= 15 is 0 Å². The van der Waals surface area contributed by atoms with E-state index in [2.05, 4.69) is 51.5 Å². The van der Waals surface area contributed by atoms with Gasteiger partial charge in [0.2, 0.25) is 0 Å². The number of thiazole rings is 1. The second kappa shape index (κ2) is 14.0. The molecule has 0 aliphatic heterocycles. The van der Waals surface area contributed by atoms with Crippen molar-refractivity contribution in [3.8, 4) is 0 Å². The minimum Gasteiger partial charge on any atom is -0.370 e. The molecule has 2 amide bonds. The molecule has 0 saturated heterocycles. The largest absolute Gasteiger partial charge is 0.370 e. The first-order valence-electron chi connectivity index (χ1n) is 10.8. The molecule has 0 saturated carbocycles. The summed E-state index contributed by atoms with van der Waals surface area (Å²) >= 11 is 4.21. The predicted molar refractivity (Wildman–Crippen MR) is 148 cm³/mol. The Kier molecular flexibility index (Phi) is 11.1. The van der Waals surface area contributed by atoms with Crippen LogP contribution in [0.4, 0.5) is 20.6 Å². The van der Waals surface area contributed by atoms with Crippen LogP contribution < -0.4 is 16.2 Å². The molecule has 36 heavy (non-hydrogen) atoms. The van der Waals surface area contributed by atoms with E-state index in [9.17, 15) is 4.79 Å². The Labute approximate surface area is 222 Å². The number of hydrogen-bond donors (Lipinski definition) is 3. The molecular formula is C23H27N9OS3. The molecule has 4 rings (SSSR count). The Balaban J connectivity index is 0.000000222. The summed E-state index contributed by atoms with van der Waals surface area (Å²) in [4.78, 5) is 21.6. The lowest BCUT2D eigenvalue weighted by Gasteiger charge is -2.10. The van der Waals surface area contributed by atoms with Crippen LogP contribution in [0.1, 0.15) is 34.4 Å². The second-order valence-corrected chi connectivity index (χ2v) is 11.2. The van der Waals surface area contributed by atoms with Crippen LogP contribution in [-0.4, -0.2) is 32.1 Å². The van der Waals surface area contributed by atoms with Gasteiger partial charge in [0.25, 0.3) is 10.8 Å². The third-order valence-electron chi connectivity index (χ3n) is 4.13. The summed E-state index contributed by atoms with van der Waals surface area (Å²) in [7, 11) is 0. The Morgan fingerprint density at radius 3 is 2.25 bits per heavy atom. The molecule has 3 N–H and O–H groups in total. The van der Waals surface area contributed by atoms with Crippen molar-refractivity contribution in [2.75, 3.05) is 12.0 Å². The van der Waals surface area contributed by atoms with Gasteiger partial charge in [-0.05, 0) is 50.4 Å². The van der Waals surface area contributed by atoms with Crippen LogP contribution in [0.3, 0.4) is 0 Å². The third-order valence-corrected chi connectivity index (χ3v) is 6.53. The first kappa shape index (κ1) is 28.6. The minimum atomic E-state index is -0.233. The zero-order valence-electron chi connectivity index (χ0n) is 20.8. The summed E-state index contributed by atoms with van der Waals surface area (Å²) in [5, 5.41) is 15.5. The molecule has 0 bridgehead atoms. The number of anilines is 1. The zero-order chi connectivity index (χ0) is 26.7. The summed E-state index contributed by atoms with van der Waals surface area (Å²) in [5.74, 6) is 0.662. The van der Waals surface area contributed by atoms with Gasteiger partial charge in [0.1, 0.15) is 15.0 Å². The maximum atomic E-state index is 11.5. The molecular weight excluding hydrogens is 515 g/mol. The molecule has 13 heteroatoms. The van der Waals surface area contributed by atoms with E-state index in [-0.39, 0.29) is 11.8 Å². The van der Waals surface area contributed by atoms with Crippen molar-refractivity contribution in [1.29, 1.82) is 0 Å². The van der Waals surface area contributed by atoms with E-state index < -0.39 is 0 Å². The van der Waals surface area contributed by atoms with Gasteiger partial charge >= 0.3 is 6.03 Å². The Morgan fingerprint density at radius 1 is 1.03 bits per heavy atom. The molecule has 0 aliphatic carbocycles. The van der Waals surface area contributed by atoms with Crippen molar-refractivity contribution in [3.63, 3.8) is 0 Å². The molecule has 3 heterocycles. The monoisotopic (exact) mass is 541 g/mol. The van der Waals surface area contributed by atoms with Gasteiger partial charge in [-0.25, -0.2) is 9.64 Å². The van der Waals surface area contributed by atoms with Crippen molar-refractivity contribution in [2.24, 2.45) is 5.92 Å². The SMILES string of the molecule is Cc1ccc2nsc(NNC(=O)NCC(C)C)c2c1.Cc1nnc(C)s1.[C-]#[N+]c1nc(C)sc1[N+]#[C-]. The molecule has 0 unspecified atom stereocenters. The Morgan fingerprint density at radius 2 is 1.72 bits per heavy atom. The molecule has 10 nitrogen and oxygen atoms in total. The van der Waals surface area contributed by atoms with Crippen LogP contribution in [0.25, 0.3) is 20.6 Å². The summed E-state index contributed by atoms with van der Waals surface area (Å²) < 4.78 is 4.32. The van der Waals surface area contributed by atoms with Gasteiger partial charge in [0.15, 0.2) is 5.01 Å². The number of nitrogens with zero attached hydrogens (tertiary/aromatic N) is 6. The summed E-state index contributed by atoms with van der Waals surface area (Å²) in [6.07, 6.45) is 0. The van der Waals surface area contributed by atoms with Gasteiger partial charge in [0.05, 0.1) is 12.1 Å². The van der Waals surface area contributed by atoms with E-state index in [0.29, 0.717) is 17.5 Å². The first-order chi connectivity index (χ1) is 17.1. The van der Waals surface area contributed by atoms with Gasteiger partial charge < -0.3 is 10.2 Å². The van der Waals surface area contributed by atoms with Gasteiger partial charge in [0, 0.05) is 18.9 Å². The molecule has 0 spiro atoms. The fraction of sp³-hybridized carbons (Fsp3) is 0.348. The van der Waals surface area contributed by atoms with Crippen LogP contribution in [-0.2, 0) is 0 Å². The molecule has 1 aromatic carbocycles. The highest BCUT2D eigenvalue weighted by Crippen LogP contribution is 2.33. The molecule has 3 aromatic heterocycles. The maximum absolute atomic E-state index is 11.5. The molecule has 0 fully saturated rings. The predicted octanol–water partition coefficient (Wildman–Crippen LogP) is 6.59. The lowest BCUT2D eigenvalue weighted by Crippen LogP contribution is -2.40. The van der Waals surface area contributed by atoms with Crippen LogP contribution in [0, 0.1) is 46.8 Å². The molecule has 0 radical (unpaired) electrons. The zero-order valence-corrected chi connectivity index (χ0v) is 23.3. The van der Waals surface area contributed by atoms with Gasteiger partial charge in [-0.3, -0.25) is 10.9 Å². The van der Waals surface area contributed by atoms with Crippen molar-refractivity contribution in [1.82, 2.24) is 30.3 Å². The van der Waals surface area contributed by atoms with Crippen LogP contribution in [0.15, 0.2) is 18.2 Å². The normalized spacial score (nSPS) is 9.81. The highest BCUT2D eigenvalue weighted by atomic mass is 32.1. The summed E-state index contributed by atoms with van der Waals surface area (Å²) in [6.45, 7) is 25.7. The maximum Gasteiger partial charge on any atom is 0.333 e. The number of nitrogens with one attached hydrogen (secondary N) is 3. The number of carbonyl (C=O) groups excluding carboxylic acids is 1. The van der Waals surface area contributed by atoms with Crippen molar-refractivity contribution >= 4 is 67.0 Å². The molecule has 4 aromatic rings. The number of amides is 2. The van der Waals surface area contributed by atoms with E-state index in [1.807, 2.05) is 46.8 Å². The van der Waals surface area contributed by atoms with Crippen LogP contribution in [0.5, 0.6) is 0 Å². The van der Waals surface area contributed by atoms with E-state index in [1.165, 1.54) is 28.4 Å². The van der Waals surface area contributed by atoms with Crippen LogP contribution >= 0.6 is 34.2 Å². The molecule has 0 aliphatic rings. The van der Waals surface area contributed by atoms with Crippen molar-refractivity contribution in [2.45, 2.75) is 41.5 Å². The Hall–Kier alpha value is -3.65. The number of fused-ring (bicyclic) bond motifs is 1. The number of rotatable bonds is 4. The fourth-order valence-electron chi connectivity index (χ4n) is 2.55. The molecule has 0 atom stereocenters. The van der Waals surface area contributed by atoms with E-state index in [0.717, 1.165) is 30.9 Å². The Bertz CT molecular complexity index is 1330. The second-order valence-electron chi connectivity index (χ2n) is 7.81. The third kappa shape index (κ3) is 9.19. The van der Waals surface area contributed by atoms with Gasteiger partial charge in [-0.2, -0.15) is 4.37 Å². The number of carbonyl (C=O) groups is 1. The highest BCUT2D eigenvalue weighted by Gasteiger charge is 2.09. The quantitative estimate of drug-likeness (QED) is 0.198. The van der Waals surface area contributed by atoms with Gasteiger partial charge in [-0.15, -0.1) is 37.9 Å². The summed E-state index contributed by atoms with van der Waals surface area (Å²) in [5.41, 5.74) is 7.63. The number of benzene rings is 1. The standard InChI is InChI=1S/C13H18N4OS.C6H3N3S.C4H6N2S/c1-8(2)7-14-13(18)16-15-12-10-6-9(3)4-5-11(10)17-19-12;1-4-9-5(7-2)6(8-3)10-4;1-3-5-6-4(2)7-3/h4-6,8,15H,7H2,1-3H3,(H2,14,16,18);1H3;1-2H3. The van der Waals surface area contributed by atoms with E-state index in [1.54, 1.807) is 18.3 Å². The topological polar surface area (TPSA) is 113 Å².